The summed E-state index contributed by atoms with van der Waals surface area (Å²) in [6, 6.07) is 0. The summed E-state index contributed by atoms with van der Waals surface area (Å²) in [5.74, 6) is -1.17. The lowest BCUT2D eigenvalue weighted by molar-refractivity contribution is -0.347. The van der Waals surface area contributed by atoms with Gasteiger partial charge in [-0.05, 0) is 19.3 Å². The molecule has 68 heavy (non-hydrogen) atoms. The van der Waals surface area contributed by atoms with Crippen molar-refractivity contribution in [1.82, 2.24) is 30.2 Å². The van der Waals surface area contributed by atoms with Gasteiger partial charge < -0.3 is 74.1 Å². The molecule has 1 fully saturated rings. The largest absolute Gasteiger partial charge is 0.790 e. The number of imidazole rings is 1. The normalized spacial score (nSPS) is 20.4. The van der Waals surface area contributed by atoms with E-state index < -0.39 is 84.6 Å². The minimum Gasteiger partial charge on any atom is -0.790 e. The Labute approximate surface area is 399 Å². The summed E-state index contributed by atoms with van der Waals surface area (Å²) < 4.78 is 60.8. The molecule has 8 atom stereocenters. The molecule has 0 radical (unpaired) electrons. The number of aliphatic hydroxyl groups is 3. The number of rotatable bonds is 35. The van der Waals surface area contributed by atoms with Crippen molar-refractivity contribution in [3.05, 3.63) is 12.7 Å². The number of thioether (sulfide) groups is 1. The van der Waals surface area contributed by atoms with Crippen molar-refractivity contribution in [2.45, 2.75) is 160 Å². The van der Waals surface area contributed by atoms with Crippen molar-refractivity contribution < 1.29 is 85.6 Å². The number of amides is 2. The average Bonchev–Trinajstić information content (AvgIpc) is 3.82. The maximum absolute atomic E-state index is 12.6. The number of hydrogen-bond acceptors (Lipinski definition) is 23. The highest BCUT2D eigenvalue weighted by Gasteiger charge is 2.47. The quantitative estimate of drug-likeness (QED) is 0.0419. The highest BCUT2D eigenvalue weighted by molar-refractivity contribution is 8.13. The van der Waals surface area contributed by atoms with Gasteiger partial charge in [-0.25, -0.2) is 19.3 Å². The third-order valence-corrected chi connectivity index (χ3v) is 14.7. The number of phosphoric acid groups is 3. The number of carbonyl (C=O) groups is 3. The lowest BCUT2D eigenvalue weighted by Crippen LogP contribution is -2.46. The van der Waals surface area contributed by atoms with Crippen LogP contribution in [0.1, 0.15) is 130 Å². The Morgan fingerprint density at radius 3 is 2.15 bits per heavy atom. The topological polar surface area (TPSA) is 395 Å². The second-order valence-electron chi connectivity index (χ2n) is 17.1. The number of aromatic nitrogens is 4. The predicted octanol–water partition coefficient (Wildman–Crippen LogP) is 1.37. The fourth-order valence-electron chi connectivity index (χ4n) is 7.01. The molecule has 1 aliphatic rings. The number of carbonyl (C=O) groups excluding carboxylic acids is 3. The van der Waals surface area contributed by atoms with Crippen molar-refractivity contribution >= 4 is 69.1 Å². The van der Waals surface area contributed by atoms with Crippen LogP contribution in [0.3, 0.4) is 0 Å². The molecular formula is C39H66N7O18P3S-4. The van der Waals surface area contributed by atoms with Gasteiger partial charge >= 0.3 is 0 Å². The van der Waals surface area contributed by atoms with Gasteiger partial charge in [0.05, 0.1) is 33.5 Å². The third kappa shape index (κ3) is 21.9. The molecule has 0 bridgehead atoms. The number of fused-ring (bicyclic) bond motifs is 1. The second kappa shape index (κ2) is 29.1. The molecular weight excluding hydrogens is 979 g/mol. The summed E-state index contributed by atoms with van der Waals surface area (Å²) in [5.41, 5.74) is 4.08. The fraction of sp³-hybridized carbons (Fsp3) is 0.795. The van der Waals surface area contributed by atoms with Gasteiger partial charge in [0.25, 0.3) is 15.6 Å². The smallest absolute Gasteiger partial charge is 0.274 e. The van der Waals surface area contributed by atoms with Crippen LogP contribution in [-0.2, 0) is 50.7 Å². The van der Waals surface area contributed by atoms with Gasteiger partial charge in [-0.2, -0.15) is 0 Å². The fourth-order valence-corrected chi connectivity index (χ4v) is 10.5. The highest BCUT2D eigenvalue weighted by atomic mass is 32.2. The molecule has 0 aliphatic carbocycles. The van der Waals surface area contributed by atoms with E-state index in [0.717, 1.165) is 99.6 Å². The van der Waals surface area contributed by atoms with Crippen LogP contribution in [-0.4, -0.2) is 114 Å². The standard InChI is InChI=1S/C39H70N7O18P3S/c1-4-5-6-13-16-27(47)17-14-11-9-7-8-10-12-15-18-30(49)68-22-21-41-29(48)19-20-42-37(52)34(51)39(2,3)24-61-67(58,59)64-66(56,57)60-23-28-33(63-65(53,54)55)32(50)38(62-28)46-26-45-31-35(40)43-25-44-36(31)46/h25-28,32-34,38,47,50-51H,4-24H2,1-3H3,(H,41,48)(H,42,52)(H,56,57)(H,58,59)(H2,40,43,44)(H2,53,54,55)/p-4/t27?,28-,32-,33-,34+,38-/m1/s1. The van der Waals surface area contributed by atoms with E-state index in [1.807, 2.05) is 0 Å². The number of nitrogens with two attached hydrogens (primary N) is 1. The number of hydrogen-bond donors (Lipinski definition) is 6. The van der Waals surface area contributed by atoms with Gasteiger partial charge in [0.1, 0.15) is 36.3 Å². The van der Waals surface area contributed by atoms with Gasteiger partial charge in [-0.15, -0.1) is 0 Å². The zero-order valence-electron chi connectivity index (χ0n) is 38.5. The Morgan fingerprint density at radius 2 is 1.50 bits per heavy atom. The Kier molecular flexibility index (Phi) is 25.6. The average molecular weight is 1050 g/mol. The molecule has 1 aliphatic heterocycles. The molecule has 2 amide bonds. The molecule has 2 aromatic heterocycles. The Bertz CT molecular complexity index is 2030. The number of anilines is 1. The molecule has 1 saturated heterocycles. The first-order valence-electron chi connectivity index (χ1n) is 22.6. The molecule has 25 nitrogen and oxygen atoms in total. The molecule has 29 heteroatoms. The minimum absolute atomic E-state index is 0.0211. The third-order valence-electron chi connectivity index (χ3n) is 10.8. The summed E-state index contributed by atoms with van der Waals surface area (Å²) in [4.78, 5) is 96.9. The van der Waals surface area contributed by atoms with Gasteiger partial charge in [0, 0.05) is 37.1 Å². The van der Waals surface area contributed by atoms with Crippen LogP contribution < -0.4 is 35.9 Å². The first kappa shape index (κ1) is 59.8. The van der Waals surface area contributed by atoms with E-state index in [9.17, 15) is 63.0 Å². The van der Waals surface area contributed by atoms with Gasteiger partial charge in [-0.1, -0.05) is 103 Å². The van der Waals surface area contributed by atoms with E-state index >= 15 is 0 Å². The highest BCUT2D eigenvalue weighted by Crippen LogP contribution is 2.56. The molecule has 3 heterocycles. The summed E-state index contributed by atoms with van der Waals surface area (Å²) in [7, 11) is -17.6. The van der Waals surface area contributed by atoms with Gasteiger partial charge in [0.2, 0.25) is 11.8 Å². The molecule has 3 rings (SSSR count). The zero-order valence-corrected chi connectivity index (χ0v) is 42.0. The predicted molar refractivity (Wildman–Crippen MR) is 239 cm³/mol. The number of nitrogens with zero attached hydrogens (tertiary/aromatic N) is 4. The summed E-state index contributed by atoms with van der Waals surface area (Å²) in [5, 5.41) is 36.5. The first-order chi connectivity index (χ1) is 31.9. The van der Waals surface area contributed by atoms with Crippen LogP contribution in [0.4, 0.5) is 5.82 Å². The Balaban J connectivity index is 1.29. The van der Waals surface area contributed by atoms with Crippen molar-refractivity contribution in [2.75, 3.05) is 37.8 Å². The van der Waals surface area contributed by atoms with Crippen LogP contribution in [0, 0.1) is 5.41 Å². The number of phosphoric ester groups is 3. The molecule has 0 saturated carbocycles. The first-order valence-corrected chi connectivity index (χ1v) is 28.0. The van der Waals surface area contributed by atoms with Crippen LogP contribution in [0.25, 0.3) is 11.2 Å². The van der Waals surface area contributed by atoms with E-state index in [-0.39, 0.29) is 47.7 Å². The van der Waals surface area contributed by atoms with Crippen LogP contribution >= 0.6 is 35.2 Å². The van der Waals surface area contributed by atoms with E-state index in [2.05, 4.69) is 50.4 Å². The van der Waals surface area contributed by atoms with Crippen molar-refractivity contribution in [3.8, 4) is 0 Å². The van der Waals surface area contributed by atoms with Crippen LogP contribution in [0.15, 0.2) is 12.7 Å². The van der Waals surface area contributed by atoms with E-state index in [1.165, 1.54) is 33.1 Å². The molecule has 0 spiro atoms. The lowest BCUT2D eigenvalue weighted by atomic mass is 9.87. The van der Waals surface area contributed by atoms with Crippen molar-refractivity contribution in [3.63, 3.8) is 0 Å². The Hall–Kier alpha value is -2.48. The SMILES string of the molecule is CCCCCCC(O)CCCCCCCCCCC(=O)SCCNC(=O)CCNC(=O)[C@H](O)C(C)(C)COP(=O)([O-])OP(=O)([O-])OC[C@H]1O[C@@H](n2cnc3c(N)ncnc32)[C@H](O)[C@@H]1OP(=O)([O-])[O-]. The zero-order chi connectivity index (χ0) is 50.5. The summed E-state index contributed by atoms with van der Waals surface area (Å²) in [6.07, 6.45) is 7.59. The van der Waals surface area contributed by atoms with Gasteiger partial charge in [-0.3, -0.25) is 28.1 Å². The molecule has 3 unspecified atom stereocenters. The second-order valence-corrected chi connectivity index (χ2v) is 22.3. The summed E-state index contributed by atoms with van der Waals surface area (Å²) in [6.45, 7) is 2.31. The number of unbranched alkanes of at least 4 members (excludes halogenated alkanes) is 10. The van der Waals surface area contributed by atoms with Crippen molar-refractivity contribution in [2.24, 2.45) is 5.41 Å². The van der Waals surface area contributed by atoms with Crippen LogP contribution in [0.5, 0.6) is 0 Å². The lowest BCUT2D eigenvalue weighted by Gasteiger charge is -2.36. The molecule has 7 N–H and O–H groups in total. The number of nitrogens with one attached hydrogen (secondary N) is 2. The van der Waals surface area contributed by atoms with E-state index in [1.54, 1.807) is 0 Å². The number of nitrogen functional groups attached to an aromatic ring is 1. The monoisotopic (exact) mass is 1050 g/mol. The minimum atomic E-state index is -5.92. The number of aliphatic hydroxyl groups excluding tert-OH is 3. The number of ether oxygens (including phenoxy) is 1. The molecule has 0 aromatic carbocycles. The molecule has 2 aromatic rings. The van der Waals surface area contributed by atoms with Crippen molar-refractivity contribution in [1.29, 1.82) is 0 Å². The molecule has 390 valence electrons. The van der Waals surface area contributed by atoms with E-state index in [0.29, 0.717) is 12.2 Å². The maximum atomic E-state index is 12.6. The van der Waals surface area contributed by atoms with Gasteiger partial charge in [0.15, 0.2) is 22.8 Å². The van der Waals surface area contributed by atoms with E-state index in [4.69, 9.17) is 10.5 Å². The summed E-state index contributed by atoms with van der Waals surface area (Å²) >= 11 is 1.12. The maximum Gasteiger partial charge on any atom is 0.274 e. The van der Waals surface area contributed by atoms with Crippen LogP contribution in [0.2, 0.25) is 0 Å². The Morgan fingerprint density at radius 1 is 0.882 bits per heavy atom.